The minimum atomic E-state index is -3.97. The molecule has 144 valence electrons. The van der Waals surface area contributed by atoms with Crippen LogP contribution in [-0.2, 0) is 9.84 Å². The second-order valence-corrected chi connectivity index (χ2v) is 9.32. The molecular formula is C21H20N2O3S2. The third-order valence-corrected chi connectivity index (χ3v) is 6.93. The SMILES string of the molecule is Cc1nc(-c2ccccc2)sc1C(=O)C(=CN(C)C)S(=O)(=O)c1ccccc1. The van der Waals surface area contributed by atoms with Crippen LogP contribution in [0.1, 0.15) is 15.4 Å². The maximum absolute atomic E-state index is 13.3. The average Bonchev–Trinajstić information content (AvgIpc) is 3.08. The first-order chi connectivity index (χ1) is 13.3. The molecule has 3 aromatic rings. The molecule has 0 unspecified atom stereocenters. The van der Waals surface area contributed by atoms with Gasteiger partial charge in [0.1, 0.15) is 9.91 Å². The summed E-state index contributed by atoms with van der Waals surface area (Å²) in [5, 5.41) is 0.683. The summed E-state index contributed by atoms with van der Waals surface area (Å²) >= 11 is 1.20. The van der Waals surface area contributed by atoms with Gasteiger partial charge in [0.05, 0.1) is 15.5 Å². The Morgan fingerprint density at radius 3 is 2.14 bits per heavy atom. The third-order valence-electron chi connectivity index (χ3n) is 3.97. The highest BCUT2D eigenvalue weighted by atomic mass is 32.2. The Morgan fingerprint density at radius 2 is 1.57 bits per heavy atom. The van der Waals surface area contributed by atoms with Crippen LogP contribution < -0.4 is 0 Å². The van der Waals surface area contributed by atoms with Crippen molar-refractivity contribution in [1.29, 1.82) is 0 Å². The van der Waals surface area contributed by atoms with E-state index in [0.717, 1.165) is 5.56 Å². The van der Waals surface area contributed by atoms with E-state index in [2.05, 4.69) is 4.98 Å². The monoisotopic (exact) mass is 412 g/mol. The Hall–Kier alpha value is -2.77. The fourth-order valence-electron chi connectivity index (χ4n) is 2.63. The zero-order valence-corrected chi connectivity index (χ0v) is 17.4. The number of benzene rings is 2. The molecule has 0 amide bonds. The number of hydrogen-bond acceptors (Lipinski definition) is 6. The lowest BCUT2D eigenvalue weighted by Crippen LogP contribution is -2.18. The Bertz CT molecular complexity index is 1120. The molecule has 0 saturated heterocycles. The first kappa shape index (κ1) is 20.0. The van der Waals surface area contributed by atoms with E-state index in [1.165, 1.54) is 29.7 Å². The molecule has 28 heavy (non-hydrogen) atoms. The third kappa shape index (κ3) is 4.05. The van der Waals surface area contributed by atoms with Gasteiger partial charge < -0.3 is 4.90 Å². The van der Waals surface area contributed by atoms with E-state index >= 15 is 0 Å². The van der Waals surface area contributed by atoms with Gasteiger partial charge in [0, 0.05) is 25.9 Å². The van der Waals surface area contributed by atoms with Gasteiger partial charge in [-0.25, -0.2) is 13.4 Å². The number of Topliss-reactive ketones (excluding diaryl/α,β-unsaturated/α-hetero) is 1. The maximum atomic E-state index is 13.3. The summed E-state index contributed by atoms with van der Waals surface area (Å²) < 4.78 is 26.3. The number of aryl methyl sites for hydroxylation is 1. The van der Waals surface area contributed by atoms with Gasteiger partial charge >= 0.3 is 0 Å². The van der Waals surface area contributed by atoms with Crippen LogP contribution in [0.5, 0.6) is 0 Å². The van der Waals surface area contributed by atoms with E-state index in [0.29, 0.717) is 15.6 Å². The van der Waals surface area contributed by atoms with Crippen molar-refractivity contribution in [1.82, 2.24) is 9.88 Å². The molecule has 0 saturated carbocycles. The van der Waals surface area contributed by atoms with Gasteiger partial charge in [0.25, 0.3) is 0 Å². The number of nitrogens with zero attached hydrogens (tertiary/aromatic N) is 2. The van der Waals surface area contributed by atoms with Gasteiger partial charge in [-0.3, -0.25) is 4.79 Å². The summed E-state index contributed by atoms with van der Waals surface area (Å²) in [6.07, 6.45) is 1.35. The standard InChI is InChI=1S/C21H20N2O3S2/c1-15-20(27-21(22-15)16-10-6-4-7-11-16)19(24)18(14-23(2)3)28(25,26)17-12-8-5-9-13-17/h4-14H,1-3H3. The first-order valence-electron chi connectivity index (χ1n) is 8.56. The Morgan fingerprint density at radius 1 is 1.00 bits per heavy atom. The van der Waals surface area contributed by atoms with Crippen LogP contribution >= 0.6 is 11.3 Å². The predicted molar refractivity (Wildman–Crippen MR) is 112 cm³/mol. The van der Waals surface area contributed by atoms with E-state index in [-0.39, 0.29) is 9.80 Å². The lowest BCUT2D eigenvalue weighted by atomic mass is 10.2. The van der Waals surface area contributed by atoms with Crippen LogP contribution in [0.3, 0.4) is 0 Å². The smallest absolute Gasteiger partial charge is 0.218 e. The van der Waals surface area contributed by atoms with Gasteiger partial charge in [0.15, 0.2) is 0 Å². The summed E-state index contributed by atoms with van der Waals surface area (Å²) in [7, 11) is -0.600. The lowest BCUT2D eigenvalue weighted by Gasteiger charge is -2.12. The van der Waals surface area contributed by atoms with Crippen molar-refractivity contribution in [3.05, 3.63) is 82.3 Å². The molecule has 1 aromatic heterocycles. The van der Waals surface area contributed by atoms with Crippen LogP contribution in [0.25, 0.3) is 10.6 Å². The number of allylic oxidation sites excluding steroid dienone is 1. The van der Waals surface area contributed by atoms with Crippen molar-refractivity contribution < 1.29 is 13.2 Å². The fraction of sp³-hybridized carbons (Fsp3) is 0.143. The minimum Gasteiger partial charge on any atom is -0.382 e. The topological polar surface area (TPSA) is 67.3 Å². The van der Waals surface area contributed by atoms with Crippen molar-refractivity contribution in [3.63, 3.8) is 0 Å². The molecule has 1 heterocycles. The molecule has 0 radical (unpaired) electrons. The largest absolute Gasteiger partial charge is 0.382 e. The number of rotatable bonds is 6. The number of aromatic nitrogens is 1. The molecule has 2 aromatic carbocycles. The highest BCUT2D eigenvalue weighted by molar-refractivity contribution is 7.96. The van der Waals surface area contributed by atoms with Crippen molar-refractivity contribution in [2.75, 3.05) is 14.1 Å². The number of carbonyl (C=O) groups is 1. The highest BCUT2D eigenvalue weighted by Crippen LogP contribution is 2.31. The fourth-order valence-corrected chi connectivity index (χ4v) is 5.19. The molecule has 0 aliphatic heterocycles. The van der Waals surface area contributed by atoms with Crippen molar-refractivity contribution >= 4 is 27.0 Å². The summed E-state index contributed by atoms with van der Waals surface area (Å²) in [4.78, 5) is 19.4. The number of ketones is 1. The van der Waals surface area contributed by atoms with E-state index in [1.807, 2.05) is 30.3 Å². The maximum Gasteiger partial charge on any atom is 0.218 e. The van der Waals surface area contributed by atoms with E-state index in [4.69, 9.17) is 0 Å². The summed E-state index contributed by atoms with van der Waals surface area (Å²) in [6.45, 7) is 1.72. The van der Waals surface area contributed by atoms with Crippen LogP contribution in [0.4, 0.5) is 0 Å². The van der Waals surface area contributed by atoms with Gasteiger partial charge in [-0.15, -0.1) is 11.3 Å². The van der Waals surface area contributed by atoms with Crippen LogP contribution in [0.15, 0.2) is 76.7 Å². The van der Waals surface area contributed by atoms with Crippen LogP contribution in [-0.4, -0.2) is 38.2 Å². The molecule has 7 heteroatoms. The molecule has 0 bridgehead atoms. The zero-order valence-electron chi connectivity index (χ0n) is 15.8. The normalized spacial score (nSPS) is 12.0. The van der Waals surface area contributed by atoms with Gasteiger partial charge in [-0.1, -0.05) is 48.5 Å². The quantitative estimate of drug-likeness (QED) is 0.449. The van der Waals surface area contributed by atoms with Crippen LogP contribution in [0.2, 0.25) is 0 Å². The summed E-state index contributed by atoms with van der Waals surface area (Å²) in [6, 6.07) is 17.5. The molecule has 3 rings (SSSR count). The molecule has 0 N–H and O–H groups in total. The predicted octanol–water partition coefficient (Wildman–Crippen LogP) is 4.18. The number of hydrogen-bond donors (Lipinski definition) is 0. The van der Waals surface area contributed by atoms with Gasteiger partial charge in [-0.05, 0) is 19.1 Å². The van der Waals surface area contributed by atoms with Crippen molar-refractivity contribution in [3.8, 4) is 10.6 Å². The first-order valence-corrected chi connectivity index (χ1v) is 10.9. The molecular weight excluding hydrogens is 392 g/mol. The summed E-state index contributed by atoms with van der Waals surface area (Å²) in [5.41, 5.74) is 1.40. The molecule has 0 aliphatic carbocycles. The Labute approximate surface area is 168 Å². The lowest BCUT2D eigenvalue weighted by molar-refractivity contribution is 0.104. The number of carbonyl (C=O) groups excluding carboxylic acids is 1. The van der Waals surface area contributed by atoms with Crippen molar-refractivity contribution in [2.24, 2.45) is 0 Å². The zero-order chi connectivity index (χ0) is 20.3. The molecule has 0 atom stereocenters. The second kappa shape index (κ2) is 8.08. The summed E-state index contributed by atoms with van der Waals surface area (Å²) in [5.74, 6) is -0.547. The highest BCUT2D eigenvalue weighted by Gasteiger charge is 2.31. The van der Waals surface area contributed by atoms with E-state index < -0.39 is 15.6 Å². The molecule has 0 spiro atoms. The number of sulfone groups is 1. The Balaban J connectivity index is 2.09. The molecule has 0 fully saturated rings. The number of thiazole rings is 1. The van der Waals surface area contributed by atoms with Crippen molar-refractivity contribution in [2.45, 2.75) is 11.8 Å². The Kier molecular flexibility index (Phi) is 5.76. The van der Waals surface area contributed by atoms with Gasteiger partial charge in [-0.2, -0.15) is 0 Å². The van der Waals surface area contributed by atoms with Gasteiger partial charge in [0.2, 0.25) is 15.6 Å². The minimum absolute atomic E-state index is 0.0851. The second-order valence-electron chi connectivity index (χ2n) is 6.40. The van der Waals surface area contributed by atoms with E-state index in [9.17, 15) is 13.2 Å². The molecule has 0 aliphatic rings. The average molecular weight is 413 g/mol. The van der Waals surface area contributed by atoms with E-state index in [1.54, 1.807) is 44.1 Å². The molecule has 5 nitrogen and oxygen atoms in total. The van der Waals surface area contributed by atoms with Crippen LogP contribution in [0, 0.1) is 6.92 Å².